The highest BCUT2D eigenvalue weighted by atomic mass is 16.6. The largest absolute Gasteiger partial charge is 0.462 e. The first-order valence-electron chi connectivity index (χ1n) is 18.8. The molecule has 0 bridgehead atoms. The van der Waals surface area contributed by atoms with Crippen molar-refractivity contribution >= 4 is 23.8 Å². The van der Waals surface area contributed by atoms with Crippen LogP contribution in [0.4, 0.5) is 4.79 Å². The van der Waals surface area contributed by atoms with E-state index < -0.39 is 22.8 Å². The Bertz CT molecular complexity index is 1430. The van der Waals surface area contributed by atoms with Crippen LogP contribution in [0.2, 0.25) is 0 Å². The Balaban J connectivity index is 1.32. The van der Waals surface area contributed by atoms with Crippen molar-refractivity contribution in [2.24, 2.45) is 45.3 Å². The summed E-state index contributed by atoms with van der Waals surface area (Å²) in [6, 6.07) is 0. The van der Waals surface area contributed by atoms with Gasteiger partial charge in [-0.1, -0.05) is 48.5 Å². The second-order valence-electron chi connectivity index (χ2n) is 19.4. The molecule has 8 unspecified atom stereocenters. The maximum Gasteiger partial charge on any atom is 0.408 e. The average molecular weight is 667 g/mol. The lowest BCUT2D eigenvalue weighted by atomic mass is 9.33. The summed E-state index contributed by atoms with van der Waals surface area (Å²) in [6.07, 6.45) is 8.75. The molecule has 8 nitrogen and oxygen atoms in total. The summed E-state index contributed by atoms with van der Waals surface area (Å²) < 4.78 is 11.4. The van der Waals surface area contributed by atoms with Crippen LogP contribution in [-0.2, 0) is 23.9 Å². The lowest BCUT2D eigenvalue weighted by Crippen LogP contribution is -2.68. The highest BCUT2D eigenvalue weighted by molar-refractivity contribution is 6.03. The van der Waals surface area contributed by atoms with Crippen LogP contribution in [0.5, 0.6) is 0 Å². The smallest absolute Gasteiger partial charge is 0.408 e. The number of rotatable bonds is 5. The number of Topliss-reactive ketones (excluding diaryl/α,β-unsaturated/α-hetero) is 1. The summed E-state index contributed by atoms with van der Waals surface area (Å²) in [5.74, 6) is 1.06. The number of esters is 1. The van der Waals surface area contributed by atoms with Gasteiger partial charge < -0.3 is 20.1 Å². The van der Waals surface area contributed by atoms with E-state index in [1.54, 1.807) is 0 Å². The molecule has 0 aromatic rings. The van der Waals surface area contributed by atoms with Crippen LogP contribution in [-0.4, -0.2) is 46.5 Å². The van der Waals surface area contributed by atoms with E-state index in [1.807, 2.05) is 20.8 Å². The van der Waals surface area contributed by atoms with Gasteiger partial charge in [-0.3, -0.25) is 14.4 Å². The number of amides is 2. The fourth-order valence-corrected chi connectivity index (χ4v) is 12.5. The molecule has 8 heteroatoms. The van der Waals surface area contributed by atoms with Gasteiger partial charge in [-0.25, -0.2) is 4.79 Å². The van der Waals surface area contributed by atoms with Crippen molar-refractivity contribution in [3.05, 3.63) is 11.1 Å². The van der Waals surface area contributed by atoms with Crippen LogP contribution in [0.3, 0.4) is 0 Å². The number of carbonyl (C=O) groups excluding carboxylic acids is 4. The predicted molar refractivity (Wildman–Crippen MR) is 185 cm³/mol. The summed E-state index contributed by atoms with van der Waals surface area (Å²) in [7, 11) is 0. The fourth-order valence-electron chi connectivity index (χ4n) is 12.5. The van der Waals surface area contributed by atoms with Gasteiger partial charge in [-0.05, 0) is 136 Å². The van der Waals surface area contributed by atoms with Crippen molar-refractivity contribution in [1.29, 1.82) is 0 Å². The minimum atomic E-state index is -0.985. The highest BCUT2D eigenvalue weighted by Gasteiger charge is 2.70. The van der Waals surface area contributed by atoms with Gasteiger partial charge in [0.1, 0.15) is 17.2 Å². The Labute approximate surface area is 288 Å². The van der Waals surface area contributed by atoms with Crippen molar-refractivity contribution in [3.8, 4) is 0 Å². The van der Waals surface area contributed by atoms with Gasteiger partial charge in [-0.15, -0.1) is 0 Å². The summed E-state index contributed by atoms with van der Waals surface area (Å²) in [5.41, 5.74) is -0.147. The number of alkyl carbamates (subject to hydrolysis) is 1. The Morgan fingerprint density at radius 3 is 2.06 bits per heavy atom. The molecule has 0 spiro atoms. The first-order valence-corrected chi connectivity index (χ1v) is 18.8. The van der Waals surface area contributed by atoms with E-state index in [0.29, 0.717) is 31.1 Å². The fraction of sp³-hybridized carbons (Fsp3) is 0.850. The Hall–Kier alpha value is -2.38. The number of hydrogen-bond donors (Lipinski definition) is 2. The lowest BCUT2D eigenvalue weighted by Gasteiger charge is -2.72. The number of ketones is 1. The molecule has 6 aliphatic rings. The van der Waals surface area contributed by atoms with Crippen LogP contribution in [0, 0.1) is 45.3 Å². The SMILES string of the molecule is CC(=O)OC1CCC2(C)C(CCC3(C)C2CCC2C4=C(C(C)C)C(=O)CC4(NC(=O)C4(NC(=O)OC(C)(C)C)CC4)CCC23C)C1(C)C. The molecule has 2 N–H and O–H groups in total. The molecule has 5 fully saturated rings. The molecule has 6 rings (SSSR count). The Morgan fingerprint density at radius 1 is 0.812 bits per heavy atom. The molecule has 0 radical (unpaired) electrons. The monoisotopic (exact) mass is 666 g/mol. The van der Waals surface area contributed by atoms with E-state index in [9.17, 15) is 19.2 Å². The van der Waals surface area contributed by atoms with Crippen molar-refractivity contribution in [3.63, 3.8) is 0 Å². The van der Waals surface area contributed by atoms with E-state index >= 15 is 0 Å². The third-order valence-corrected chi connectivity index (χ3v) is 15.0. The van der Waals surface area contributed by atoms with Gasteiger partial charge in [0, 0.05) is 18.8 Å². The summed E-state index contributed by atoms with van der Waals surface area (Å²) in [4.78, 5) is 53.0. The molecule has 268 valence electrons. The zero-order valence-corrected chi connectivity index (χ0v) is 31.6. The molecular weight excluding hydrogens is 604 g/mol. The van der Waals surface area contributed by atoms with Crippen LogP contribution in [0.1, 0.15) is 147 Å². The van der Waals surface area contributed by atoms with E-state index in [4.69, 9.17) is 9.47 Å². The van der Waals surface area contributed by atoms with Crippen molar-refractivity contribution in [2.45, 2.75) is 170 Å². The van der Waals surface area contributed by atoms with E-state index in [-0.39, 0.29) is 57.3 Å². The quantitative estimate of drug-likeness (QED) is 0.290. The van der Waals surface area contributed by atoms with Gasteiger partial charge in [0.05, 0.1) is 5.54 Å². The van der Waals surface area contributed by atoms with Crippen molar-refractivity contribution < 1.29 is 28.7 Å². The average Bonchev–Trinajstić information content (AvgIpc) is 3.65. The molecule has 48 heavy (non-hydrogen) atoms. The molecule has 0 saturated heterocycles. The summed E-state index contributed by atoms with van der Waals surface area (Å²) in [5, 5.41) is 6.36. The van der Waals surface area contributed by atoms with Crippen molar-refractivity contribution in [2.75, 3.05) is 0 Å². The normalized spacial score (nSPS) is 41.0. The van der Waals surface area contributed by atoms with Gasteiger partial charge in [0.25, 0.3) is 0 Å². The Morgan fingerprint density at radius 2 is 1.48 bits per heavy atom. The van der Waals surface area contributed by atoms with Crippen LogP contribution >= 0.6 is 0 Å². The molecular formula is C40H62N2O6. The van der Waals surface area contributed by atoms with Crippen LogP contribution in [0.15, 0.2) is 11.1 Å². The predicted octanol–water partition coefficient (Wildman–Crippen LogP) is 7.82. The number of hydrogen-bond acceptors (Lipinski definition) is 6. The summed E-state index contributed by atoms with van der Waals surface area (Å²) >= 11 is 0. The van der Waals surface area contributed by atoms with E-state index in [2.05, 4.69) is 59.1 Å². The maximum absolute atomic E-state index is 14.2. The van der Waals surface area contributed by atoms with Gasteiger partial charge in [0.2, 0.25) is 5.91 Å². The van der Waals surface area contributed by atoms with Crippen LogP contribution in [0.25, 0.3) is 0 Å². The summed E-state index contributed by atoms with van der Waals surface area (Å²) in [6.45, 7) is 23.5. The number of fused-ring (bicyclic) bond motifs is 7. The molecule has 0 aromatic carbocycles. The number of allylic oxidation sites excluding steroid dienone is 1. The maximum atomic E-state index is 14.2. The molecule has 0 heterocycles. The number of ether oxygens (including phenoxy) is 2. The number of carbonyl (C=O) groups is 4. The van der Waals surface area contributed by atoms with E-state index in [0.717, 1.165) is 56.9 Å². The molecule has 8 atom stereocenters. The standard InChI is InChI=1S/C40H62N2O6/c1-23(2)30-26(44)22-40(41-32(45)39(20-21-39)42-33(46)48-34(4,5)6)19-18-37(10)25(31(30)40)12-13-28-36(9)16-15-29(47-24(3)43)35(7,8)27(36)14-17-38(28,37)11/h23,25,27-29H,12-22H2,1-11H3,(H,41,45)(H,42,46). The minimum Gasteiger partial charge on any atom is -0.462 e. The Kier molecular flexibility index (Phi) is 8.17. The lowest BCUT2D eigenvalue weighted by molar-refractivity contribution is -0.231. The third kappa shape index (κ3) is 5.18. The minimum absolute atomic E-state index is 0.0267. The first-order chi connectivity index (χ1) is 22.1. The number of nitrogens with one attached hydrogen (secondary N) is 2. The van der Waals surface area contributed by atoms with Crippen molar-refractivity contribution in [1.82, 2.24) is 10.6 Å². The molecule has 0 aliphatic heterocycles. The van der Waals surface area contributed by atoms with Gasteiger partial charge >= 0.3 is 12.1 Å². The molecule has 6 aliphatic carbocycles. The second-order valence-corrected chi connectivity index (χ2v) is 19.4. The molecule has 5 saturated carbocycles. The zero-order valence-electron chi connectivity index (χ0n) is 31.6. The highest BCUT2D eigenvalue weighted by Crippen LogP contribution is 2.76. The van der Waals surface area contributed by atoms with Gasteiger partial charge in [-0.2, -0.15) is 0 Å². The van der Waals surface area contributed by atoms with Crippen LogP contribution < -0.4 is 10.6 Å². The molecule has 0 aromatic heterocycles. The van der Waals surface area contributed by atoms with E-state index in [1.165, 1.54) is 12.5 Å². The zero-order chi connectivity index (χ0) is 35.5. The first kappa shape index (κ1) is 35.4. The second kappa shape index (κ2) is 11.1. The molecule has 2 amide bonds. The third-order valence-electron chi connectivity index (χ3n) is 15.0. The van der Waals surface area contributed by atoms with Gasteiger partial charge in [0.15, 0.2) is 5.78 Å². The topological polar surface area (TPSA) is 111 Å².